The molecule has 0 aromatic heterocycles. The van der Waals surface area contributed by atoms with Crippen molar-refractivity contribution in [3.05, 3.63) is 24.0 Å². The molecule has 0 fully saturated rings. The van der Waals surface area contributed by atoms with Crippen molar-refractivity contribution in [1.29, 1.82) is 0 Å². The van der Waals surface area contributed by atoms with E-state index in [0.29, 0.717) is 0 Å². The molecule has 60 valence electrons. The van der Waals surface area contributed by atoms with Gasteiger partial charge in [0.2, 0.25) is 0 Å². The van der Waals surface area contributed by atoms with E-state index in [1.54, 1.807) is 23.9 Å². The summed E-state index contributed by atoms with van der Waals surface area (Å²) >= 11 is 1.65. The summed E-state index contributed by atoms with van der Waals surface area (Å²) < 4.78 is 12.6. The number of thioether (sulfide) groups is 1. The molecule has 0 aliphatic heterocycles. The van der Waals surface area contributed by atoms with Gasteiger partial charge in [-0.2, -0.15) is 0 Å². The minimum absolute atomic E-state index is 0.225. The first-order valence-electron chi connectivity index (χ1n) is 3.42. The molecule has 0 saturated heterocycles. The summed E-state index contributed by atoms with van der Waals surface area (Å²) in [5.41, 5.74) is 5.59. The maximum absolute atomic E-state index is 12.6. The van der Waals surface area contributed by atoms with Crippen LogP contribution in [0.2, 0.25) is 0 Å². The van der Waals surface area contributed by atoms with E-state index in [2.05, 4.69) is 0 Å². The van der Waals surface area contributed by atoms with Crippen LogP contribution in [0, 0.1) is 5.82 Å². The fraction of sp³-hybridized carbons (Fsp3) is 0.250. The first-order valence-corrected chi connectivity index (χ1v) is 4.40. The monoisotopic (exact) mass is 171 g/mol. The van der Waals surface area contributed by atoms with Crippen molar-refractivity contribution in [3.8, 4) is 0 Å². The lowest BCUT2D eigenvalue weighted by Crippen LogP contribution is -1.89. The van der Waals surface area contributed by atoms with Crippen molar-refractivity contribution in [3.63, 3.8) is 0 Å². The minimum atomic E-state index is -0.342. The second kappa shape index (κ2) is 3.62. The summed E-state index contributed by atoms with van der Waals surface area (Å²) in [7, 11) is 0. The van der Waals surface area contributed by atoms with Crippen LogP contribution in [-0.4, -0.2) is 5.75 Å². The van der Waals surface area contributed by atoms with E-state index in [1.807, 2.05) is 6.92 Å². The van der Waals surface area contributed by atoms with Gasteiger partial charge in [0.05, 0.1) is 5.69 Å². The van der Waals surface area contributed by atoms with Gasteiger partial charge in [-0.05, 0) is 24.0 Å². The summed E-state index contributed by atoms with van der Waals surface area (Å²) in [5, 5.41) is 0. The van der Waals surface area contributed by atoms with Gasteiger partial charge in [0.1, 0.15) is 5.82 Å². The van der Waals surface area contributed by atoms with Crippen molar-refractivity contribution in [2.24, 2.45) is 0 Å². The zero-order valence-electron chi connectivity index (χ0n) is 6.30. The highest BCUT2D eigenvalue weighted by atomic mass is 32.2. The fourth-order valence-electron chi connectivity index (χ4n) is 0.778. The van der Waals surface area contributed by atoms with Crippen LogP contribution in [-0.2, 0) is 0 Å². The van der Waals surface area contributed by atoms with Gasteiger partial charge in [-0.15, -0.1) is 11.8 Å². The molecule has 2 N–H and O–H groups in total. The van der Waals surface area contributed by atoms with Crippen LogP contribution in [0.25, 0.3) is 0 Å². The number of anilines is 1. The number of hydrogen-bond acceptors (Lipinski definition) is 2. The smallest absolute Gasteiger partial charge is 0.146 e. The SMILES string of the molecule is CCSc1ccc(F)c(N)c1. The average Bonchev–Trinajstić information content (AvgIpc) is 1.98. The number of nitrogen functional groups attached to an aromatic ring is 1. The highest BCUT2D eigenvalue weighted by Crippen LogP contribution is 2.21. The molecule has 1 nitrogen and oxygen atoms in total. The van der Waals surface area contributed by atoms with E-state index in [1.165, 1.54) is 6.07 Å². The van der Waals surface area contributed by atoms with Gasteiger partial charge < -0.3 is 5.73 Å². The Bertz CT molecular complexity index is 250. The molecule has 1 aromatic rings. The molecular weight excluding hydrogens is 161 g/mol. The summed E-state index contributed by atoms with van der Waals surface area (Å²) in [4.78, 5) is 1.02. The lowest BCUT2D eigenvalue weighted by molar-refractivity contribution is 0.631. The maximum atomic E-state index is 12.6. The molecule has 1 aromatic carbocycles. The van der Waals surface area contributed by atoms with Gasteiger partial charge in [0, 0.05) is 4.90 Å². The third kappa shape index (κ3) is 2.12. The predicted octanol–water partition coefficient (Wildman–Crippen LogP) is 2.52. The molecule has 0 aliphatic rings. The van der Waals surface area contributed by atoms with Crippen LogP contribution in [0.4, 0.5) is 10.1 Å². The van der Waals surface area contributed by atoms with Gasteiger partial charge >= 0.3 is 0 Å². The van der Waals surface area contributed by atoms with Gasteiger partial charge in [-0.25, -0.2) is 4.39 Å². The highest BCUT2D eigenvalue weighted by molar-refractivity contribution is 7.99. The van der Waals surface area contributed by atoms with Crippen LogP contribution in [0.5, 0.6) is 0 Å². The topological polar surface area (TPSA) is 26.0 Å². The van der Waals surface area contributed by atoms with E-state index in [0.717, 1.165) is 10.6 Å². The van der Waals surface area contributed by atoms with Gasteiger partial charge in [-0.1, -0.05) is 6.92 Å². The molecule has 0 heterocycles. The minimum Gasteiger partial charge on any atom is -0.396 e. The normalized spacial score (nSPS) is 10.0. The second-order valence-corrected chi connectivity index (χ2v) is 3.45. The molecule has 3 heteroatoms. The van der Waals surface area contributed by atoms with Crippen LogP contribution >= 0.6 is 11.8 Å². The van der Waals surface area contributed by atoms with Crippen molar-refractivity contribution in [2.75, 3.05) is 11.5 Å². The van der Waals surface area contributed by atoms with Crippen LogP contribution in [0.1, 0.15) is 6.92 Å². The molecule has 1 rings (SSSR count). The quantitative estimate of drug-likeness (QED) is 0.546. The molecule has 0 atom stereocenters. The molecule has 0 unspecified atom stereocenters. The Morgan fingerprint density at radius 1 is 1.55 bits per heavy atom. The Labute approximate surface area is 69.8 Å². The van der Waals surface area contributed by atoms with E-state index in [-0.39, 0.29) is 11.5 Å². The number of hydrogen-bond donors (Lipinski definition) is 1. The van der Waals surface area contributed by atoms with Crippen molar-refractivity contribution < 1.29 is 4.39 Å². The summed E-state index contributed by atoms with van der Waals surface area (Å²) in [5.74, 6) is 0.635. The molecule has 0 saturated carbocycles. The average molecular weight is 171 g/mol. The first-order chi connectivity index (χ1) is 5.24. The van der Waals surface area contributed by atoms with E-state index >= 15 is 0 Å². The third-order valence-electron chi connectivity index (χ3n) is 1.28. The Morgan fingerprint density at radius 2 is 2.27 bits per heavy atom. The van der Waals surface area contributed by atoms with Crippen LogP contribution in [0.3, 0.4) is 0 Å². The van der Waals surface area contributed by atoms with E-state index in [4.69, 9.17) is 5.73 Å². The van der Waals surface area contributed by atoms with Crippen LogP contribution in [0.15, 0.2) is 23.1 Å². The first kappa shape index (κ1) is 8.40. The Morgan fingerprint density at radius 3 is 2.82 bits per heavy atom. The molecule has 0 aliphatic carbocycles. The number of rotatable bonds is 2. The zero-order valence-corrected chi connectivity index (χ0v) is 7.12. The predicted molar refractivity (Wildman–Crippen MR) is 47.2 cm³/mol. The lowest BCUT2D eigenvalue weighted by atomic mass is 10.3. The Kier molecular flexibility index (Phi) is 2.76. The van der Waals surface area contributed by atoms with Crippen LogP contribution < -0.4 is 5.73 Å². The summed E-state index contributed by atoms with van der Waals surface area (Å²) in [6.07, 6.45) is 0. The van der Waals surface area contributed by atoms with Gasteiger partial charge in [0.25, 0.3) is 0 Å². The van der Waals surface area contributed by atoms with Crippen molar-refractivity contribution in [2.45, 2.75) is 11.8 Å². The highest BCUT2D eigenvalue weighted by Gasteiger charge is 1.98. The lowest BCUT2D eigenvalue weighted by Gasteiger charge is -1.99. The number of benzene rings is 1. The van der Waals surface area contributed by atoms with E-state index in [9.17, 15) is 4.39 Å². The molecule has 0 bridgehead atoms. The van der Waals surface area contributed by atoms with E-state index < -0.39 is 0 Å². The third-order valence-corrected chi connectivity index (χ3v) is 2.15. The molecular formula is C8H10FNS. The largest absolute Gasteiger partial charge is 0.396 e. The molecule has 0 spiro atoms. The Hall–Kier alpha value is -0.700. The summed E-state index contributed by atoms with van der Waals surface area (Å²) in [6.45, 7) is 2.05. The van der Waals surface area contributed by atoms with Crippen molar-refractivity contribution in [1.82, 2.24) is 0 Å². The molecule has 0 amide bonds. The standard InChI is InChI=1S/C8H10FNS/c1-2-11-6-3-4-7(9)8(10)5-6/h3-5H,2,10H2,1H3. The van der Waals surface area contributed by atoms with Gasteiger partial charge in [0.15, 0.2) is 0 Å². The molecule has 11 heavy (non-hydrogen) atoms. The Balaban J connectivity index is 2.86. The van der Waals surface area contributed by atoms with Gasteiger partial charge in [-0.3, -0.25) is 0 Å². The summed E-state index contributed by atoms with van der Waals surface area (Å²) in [6, 6.07) is 4.79. The van der Waals surface area contributed by atoms with Crippen molar-refractivity contribution >= 4 is 17.4 Å². The maximum Gasteiger partial charge on any atom is 0.146 e. The second-order valence-electron chi connectivity index (χ2n) is 2.12. The fourth-order valence-corrected chi connectivity index (χ4v) is 1.49. The number of halogens is 1. The molecule has 0 radical (unpaired) electrons. The number of nitrogens with two attached hydrogens (primary N) is 1. The zero-order chi connectivity index (χ0) is 8.27.